The number of benzene rings is 1. The molecule has 0 aliphatic rings. The quantitative estimate of drug-likeness (QED) is 0.496. The Morgan fingerprint density at radius 3 is 2.50 bits per heavy atom. The summed E-state index contributed by atoms with van der Waals surface area (Å²) in [4.78, 5) is 0. The number of halogens is 4. The summed E-state index contributed by atoms with van der Waals surface area (Å²) >= 11 is 0. The lowest BCUT2D eigenvalue weighted by molar-refractivity contribution is -0.253. The molecule has 1 aromatic carbocycles. The van der Waals surface area contributed by atoms with Crippen molar-refractivity contribution in [1.29, 1.82) is 0 Å². The third-order valence-corrected chi connectivity index (χ3v) is 1.73. The summed E-state index contributed by atoms with van der Waals surface area (Å²) in [6.07, 6.45) is -8.39. The molecule has 3 nitrogen and oxygen atoms in total. The first-order valence-corrected chi connectivity index (χ1v) is 4.26. The highest BCUT2D eigenvalue weighted by Crippen LogP contribution is 2.29. The Bertz CT molecular complexity index is 357. The second-order valence-electron chi connectivity index (χ2n) is 3.07. The largest absolute Gasteiger partial charge is 0.461 e. The van der Waals surface area contributed by atoms with E-state index in [9.17, 15) is 17.6 Å². The maximum absolute atomic E-state index is 12.5. The molecule has 0 atom stereocenters. The molecule has 7 heteroatoms. The second-order valence-corrected chi connectivity index (χ2v) is 3.07. The fourth-order valence-electron chi connectivity index (χ4n) is 0.968. The number of anilines is 1. The summed E-state index contributed by atoms with van der Waals surface area (Å²) in [5.41, 5.74) is 0.363. The molecule has 0 aromatic heterocycles. The number of ether oxygens (including phenoxy) is 1. The van der Waals surface area contributed by atoms with Crippen LogP contribution >= 0.6 is 0 Å². The third kappa shape index (κ3) is 2.99. The Morgan fingerprint density at radius 2 is 2.00 bits per heavy atom. The lowest BCUT2D eigenvalue weighted by atomic mass is 10.3. The number of rotatable bonds is 4. The molecule has 0 amide bonds. The van der Waals surface area contributed by atoms with Crippen molar-refractivity contribution in [3.8, 4) is 5.75 Å². The highest BCUT2D eigenvalue weighted by molar-refractivity contribution is 5.48. The number of hydrazine groups is 1. The molecular weight excluding hydrogens is 228 g/mol. The van der Waals surface area contributed by atoms with Crippen LogP contribution in [0.15, 0.2) is 24.3 Å². The Balaban J connectivity index is 2.86. The fourth-order valence-corrected chi connectivity index (χ4v) is 0.968. The molecule has 0 saturated heterocycles. The zero-order chi connectivity index (χ0) is 12.3. The van der Waals surface area contributed by atoms with Gasteiger partial charge in [0.1, 0.15) is 5.75 Å². The summed E-state index contributed by atoms with van der Waals surface area (Å²) in [5, 5.41) is 1.15. The molecule has 1 rings (SSSR count). The van der Waals surface area contributed by atoms with E-state index < -0.39 is 12.5 Å². The van der Waals surface area contributed by atoms with Gasteiger partial charge in [0, 0.05) is 13.1 Å². The second kappa shape index (κ2) is 4.56. The van der Waals surface area contributed by atoms with Crippen LogP contribution in [0, 0.1) is 0 Å². The first-order valence-electron chi connectivity index (χ1n) is 4.26. The van der Waals surface area contributed by atoms with Crippen LogP contribution in [0.25, 0.3) is 0 Å². The molecule has 1 aromatic rings. The van der Waals surface area contributed by atoms with Gasteiger partial charge in [-0.3, -0.25) is 0 Å². The molecule has 90 valence electrons. The average Bonchev–Trinajstić information content (AvgIpc) is 2.17. The van der Waals surface area contributed by atoms with Gasteiger partial charge in [-0.2, -0.15) is 17.6 Å². The van der Waals surface area contributed by atoms with Gasteiger partial charge in [-0.1, -0.05) is 6.07 Å². The molecule has 0 spiro atoms. The summed E-state index contributed by atoms with van der Waals surface area (Å²) < 4.78 is 52.7. The van der Waals surface area contributed by atoms with Crippen molar-refractivity contribution in [2.75, 3.05) is 12.1 Å². The van der Waals surface area contributed by atoms with Gasteiger partial charge in [-0.25, -0.2) is 5.84 Å². The molecule has 2 N–H and O–H groups in total. The number of alkyl halides is 4. The first kappa shape index (κ1) is 12.6. The molecule has 0 saturated carbocycles. The highest BCUT2D eigenvalue weighted by Gasteiger charge is 2.43. The van der Waals surface area contributed by atoms with Crippen LogP contribution in [-0.4, -0.2) is 19.6 Å². The smallest absolute Gasteiger partial charge is 0.428 e. The maximum Gasteiger partial charge on any atom is 0.461 e. The van der Waals surface area contributed by atoms with Crippen LogP contribution in [0.3, 0.4) is 0 Å². The molecule has 0 bridgehead atoms. The standard InChI is InChI=1S/C9H10F4N2O/c1-15(14)6-3-2-4-7(5-6)16-9(12,13)8(10)11/h2-5,8H,14H2,1H3. The zero-order valence-electron chi connectivity index (χ0n) is 8.33. The van der Waals surface area contributed by atoms with E-state index in [1.165, 1.54) is 19.2 Å². The van der Waals surface area contributed by atoms with Gasteiger partial charge in [0.2, 0.25) is 0 Å². The van der Waals surface area contributed by atoms with Crippen molar-refractivity contribution < 1.29 is 22.3 Å². The van der Waals surface area contributed by atoms with Crippen LogP contribution in [-0.2, 0) is 0 Å². The van der Waals surface area contributed by atoms with E-state index in [2.05, 4.69) is 4.74 Å². The van der Waals surface area contributed by atoms with Crippen molar-refractivity contribution in [2.45, 2.75) is 12.5 Å². The molecular formula is C9H10F4N2O. The van der Waals surface area contributed by atoms with E-state index in [4.69, 9.17) is 5.84 Å². The van der Waals surface area contributed by atoms with Crippen LogP contribution in [0.2, 0.25) is 0 Å². The van der Waals surface area contributed by atoms with Gasteiger partial charge < -0.3 is 9.75 Å². The molecule has 16 heavy (non-hydrogen) atoms. The number of nitrogens with two attached hydrogens (primary N) is 1. The third-order valence-electron chi connectivity index (χ3n) is 1.73. The maximum atomic E-state index is 12.5. The van der Waals surface area contributed by atoms with Crippen molar-refractivity contribution in [2.24, 2.45) is 5.84 Å². The SMILES string of the molecule is CN(N)c1cccc(OC(F)(F)C(F)F)c1. The van der Waals surface area contributed by atoms with Crippen molar-refractivity contribution in [3.63, 3.8) is 0 Å². The molecule has 0 heterocycles. The van der Waals surface area contributed by atoms with Gasteiger partial charge in [-0.15, -0.1) is 0 Å². The molecule has 0 aliphatic carbocycles. The van der Waals surface area contributed by atoms with Gasteiger partial charge in [-0.05, 0) is 12.1 Å². The number of hydrogen-bond donors (Lipinski definition) is 1. The molecule has 0 unspecified atom stereocenters. The molecule has 0 fully saturated rings. The summed E-state index contributed by atoms with van der Waals surface area (Å²) in [5.74, 6) is 4.97. The number of hydrogen-bond acceptors (Lipinski definition) is 3. The minimum absolute atomic E-state index is 0.363. The zero-order valence-corrected chi connectivity index (χ0v) is 8.33. The van der Waals surface area contributed by atoms with E-state index in [1.807, 2.05) is 0 Å². The lowest BCUT2D eigenvalue weighted by Crippen LogP contribution is -2.33. The van der Waals surface area contributed by atoms with Crippen LogP contribution in [0.5, 0.6) is 5.75 Å². The Kier molecular flexibility index (Phi) is 3.58. The van der Waals surface area contributed by atoms with Crippen LogP contribution < -0.4 is 15.6 Å². The van der Waals surface area contributed by atoms with Gasteiger partial charge in [0.05, 0.1) is 5.69 Å². The minimum atomic E-state index is -4.51. The lowest BCUT2D eigenvalue weighted by Gasteiger charge is -2.18. The average molecular weight is 238 g/mol. The van der Waals surface area contributed by atoms with E-state index in [0.29, 0.717) is 5.69 Å². The van der Waals surface area contributed by atoms with Crippen molar-refractivity contribution in [3.05, 3.63) is 24.3 Å². The Hall–Kier alpha value is -1.50. The van der Waals surface area contributed by atoms with E-state index in [-0.39, 0.29) is 5.75 Å². The van der Waals surface area contributed by atoms with E-state index in [1.54, 1.807) is 0 Å². The van der Waals surface area contributed by atoms with Gasteiger partial charge >= 0.3 is 12.5 Å². The topological polar surface area (TPSA) is 38.5 Å². The monoisotopic (exact) mass is 238 g/mol. The number of nitrogens with zero attached hydrogens (tertiary/aromatic N) is 1. The molecule has 0 aliphatic heterocycles. The molecule has 0 radical (unpaired) electrons. The Morgan fingerprint density at radius 1 is 1.38 bits per heavy atom. The minimum Gasteiger partial charge on any atom is -0.428 e. The van der Waals surface area contributed by atoms with Gasteiger partial charge in [0.15, 0.2) is 0 Å². The van der Waals surface area contributed by atoms with Crippen molar-refractivity contribution >= 4 is 5.69 Å². The van der Waals surface area contributed by atoms with Crippen molar-refractivity contribution in [1.82, 2.24) is 0 Å². The van der Waals surface area contributed by atoms with Crippen LogP contribution in [0.4, 0.5) is 23.2 Å². The summed E-state index contributed by atoms with van der Waals surface area (Å²) in [6.45, 7) is 0. The van der Waals surface area contributed by atoms with E-state index >= 15 is 0 Å². The van der Waals surface area contributed by atoms with Gasteiger partial charge in [0.25, 0.3) is 0 Å². The fraction of sp³-hybridized carbons (Fsp3) is 0.333. The predicted molar refractivity (Wildman–Crippen MR) is 50.6 cm³/mol. The van der Waals surface area contributed by atoms with E-state index in [0.717, 1.165) is 17.1 Å². The highest BCUT2D eigenvalue weighted by atomic mass is 19.3. The normalized spacial score (nSPS) is 11.7. The summed E-state index contributed by atoms with van der Waals surface area (Å²) in [6, 6.07) is 5.17. The van der Waals surface area contributed by atoms with Crippen LogP contribution in [0.1, 0.15) is 0 Å². The predicted octanol–water partition coefficient (Wildman–Crippen LogP) is 2.23. The Labute approximate surface area is 89.4 Å². The first-order chi connectivity index (χ1) is 7.33. The summed E-state index contributed by atoms with van der Waals surface area (Å²) in [7, 11) is 1.48.